The lowest BCUT2D eigenvalue weighted by atomic mass is 10.2. The number of amides is 1. The number of unbranched alkanes of at least 4 members (excludes halogenated alkanes) is 1. The molecule has 0 aliphatic rings. The van der Waals surface area contributed by atoms with E-state index in [1.54, 1.807) is 14.2 Å². The molecule has 3 aromatic rings. The minimum atomic E-state index is -3.60. The van der Waals surface area contributed by atoms with Gasteiger partial charge in [-0.2, -0.15) is 9.30 Å². The Balaban J connectivity index is 1.95. The van der Waals surface area contributed by atoms with Gasteiger partial charge in [0.2, 0.25) is 10.0 Å². The smallest absolute Gasteiger partial charge is 0.279 e. The first kappa shape index (κ1) is 25.9. The van der Waals surface area contributed by atoms with Crippen LogP contribution in [0.4, 0.5) is 0 Å². The maximum atomic E-state index is 12.9. The van der Waals surface area contributed by atoms with Gasteiger partial charge in [0, 0.05) is 37.3 Å². The van der Waals surface area contributed by atoms with Crippen molar-refractivity contribution < 1.29 is 22.7 Å². The predicted molar refractivity (Wildman–Crippen MR) is 134 cm³/mol. The molecule has 2 aromatic carbocycles. The zero-order valence-corrected chi connectivity index (χ0v) is 21.8. The van der Waals surface area contributed by atoms with Gasteiger partial charge in [0.15, 0.2) is 16.3 Å². The lowest BCUT2D eigenvalue weighted by molar-refractivity contribution is 0.0997. The summed E-state index contributed by atoms with van der Waals surface area (Å²) in [7, 11) is -0.446. The van der Waals surface area contributed by atoms with Gasteiger partial charge in [-0.25, -0.2) is 8.42 Å². The largest absolute Gasteiger partial charge is 0.493 e. The molecule has 3 rings (SSSR count). The Hall–Kier alpha value is -2.69. The van der Waals surface area contributed by atoms with E-state index < -0.39 is 15.9 Å². The minimum Gasteiger partial charge on any atom is -0.493 e. The quantitative estimate of drug-likeness (QED) is 0.410. The summed E-state index contributed by atoms with van der Waals surface area (Å²) >= 11 is 1.38. The molecule has 1 heterocycles. The van der Waals surface area contributed by atoms with Gasteiger partial charge < -0.3 is 14.0 Å². The molecule has 0 unspecified atom stereocenters. The van der Waals surface area contributed by atoms with Crippen molar-refractivity contribution >= 4 is 37.5 Å². The number of carbonyl (C=O) groups is 1. The predicted octanol–water partition coefficient (Wildman–Crippen LogP) is 4.29. The highest BCUT2D eigenvalue weighted by Crippen LogP contribution is 2.33. The zero-order valence-electron chi connectivity index (χ0n) is 20.2. The van der Waals surface area contributed by atoms with E-state index in [9.17, 15) is 13.2 Å². The Bertz CT molecular complexity index is 1330. The number of ether oxygens (including phenoxy) is 2. The highest BCUT2D eigenvalue weighted by atomic mass is 32.2. The minimum absolute atomic E-state index is 0.173. The summed E-state index contributed by atoms with van der Waals surface area (Å²) < 4.78 is 41.0. The average molecular weight is 506 g/mol. The molecule has 10 heteroatoms. The number of methoxy groups -OCH3 is 2. The van der Waals surface area contributed by atoms with Crippen LogP contribution in [0.1, 0.15) is 44.0 Å². The molecule has 0 aliphatic heterocycles. The van der Waals surface area contributed by atoms with Gasteiger partial charge >= 0.3 is 0 Å². The van der Waals surface area contributed by atoms with Gasteiger partial charge in [0.05, 0.1) is 29.3 Å². The van der Waals surface area contributed by atoms with E-state index in [2.05, 4.69) is 4.99 Å². The molecule has 0 atom stereocenters. The average Bonchev–Trinajstić information content (AvgIpc) is 3.18. The van der Waals surface area contributed by atoms with Crippen LogP contribution in [0, 0.1) is 0 Å². The normalized spacial score (nSPS) is 12.5. The third kappa shape index (κ3) is 5.18. The first-order valence-electron chi connectivity index (χ1n) is 11.2. The summed E-state index contributed by atoms with van der Waals surface area (Å²) in [6, 6.07) is 9.72. The van der Waals surface area contributed by atoms with Crippen molar-refractivity contribution in [2.45, 2.75) is 45.1 Å². The fourth-order valence-corrected chi connectivity index (χ4v) is 6.23. The monoisotopic (exact) mass is 505 g/mol. The molecule has 0 saturated heterocycles. The van der Waals surface area contributed by atoms with Crippen molar-refractivity contribution in [3.05, 3.63) is 46.8 Å². The fourth-order valence-electron chi connectivity index (χ4n) is 3.64. The van der Waals surface area contributed by atoms with E-state index >= 15 is 0 Å². The molecule has 0 fully saturated rings. The Labute approximate surface area is 204 Å². The summed E-state index contributed by atoms with van der Waals surface area (Å²) in [6.07, 6.45) is 1.71. The van der Waals surface area contributed by atoms with Crippen molar-refractivity contribution in [2.24, 2.45) is 4.99 Å². The van der Waals surface area contributed by atoms with Crippen molar-refractivity contribution in [3.63, 3.8) is 0 Å². The second-order valence-corrected chi connectivity index (χ2v) is 10.5. The van der Waals surface area contributed by atoms with E-state index in [4.69, 9.17) is 9.47 Å². The van der Waals surface area contributed by atoms with Crippen molar-refractivity contribution in [3.8, 4) is 11.5 Å². The molecule has 1 amide bonds. The molecule has 0 N–H and O–H groups in total. The number of benzene rings is 2. The van der Waals surface area contributed by atoms with Crippen LogP contribution in [-0.2, 0) is 16.6 Å². The van der Waals surface area contributed by atoms with Gasteiger partial charge in [0.1, 0.15) is 0 Å². The molecule has 0 bridgehead atoms. The Morgan fingerprint density at radius 1 is 1.06 bits per heavy atom. The molecule has 34 heavy (non-hydrogen) atoms. The van der Waals surface area contributed by atoms with Crippen LogP contribution >= 0.6 is 11.3 Å². The summed E-state index contributed by atoms with van der Waals surface area (Å²) in [6.45, 7) is 7.31. The number of aryl methyl sites for hydroxylation is 1. The van der Waals surface area contributed by atoms with Crippen LogP contribution < -0.4 is 14.3 Å². The van der Waals surface area contributed by atoms with Crippen LogP contribution in [0.25, 0.3) is 10.2 Å². The maximum absolute atomic E-state index is 12.9. The number of sulfonamides is 1. The number of rotatable bonds is 10. The van der Waals surface area contributed by atoms with Gasteiger partial charge in [-0.3, -0.25) is 4.79 Å². The van der Waals surface area contributed by atoms with Crippen LogP contribution in [0.5, 0.6) is 11.5 Å². The topological polar surface area (TPSA) is 90.2 Å². The highest BCUT2D eigenvalue weighted by molar-refractivity contribution is 7.89. The molecule has 0 aliphatic carbocycles. The molecule has 0 saturated carbocycles. The highest BCUT2D eigenvalue weighted by Gasteiger charge is 2.22. The summed E-state index contributed by atoms with van der Waals surface area (Å²) in [5.41, 5.74) is 1.22. The first-order chi connectivity index (χ1) is 16.3. The SMILES string of the molecule is CCCCN(CC)S(=O)(=O)c1ccc(C(=O)N=c2sc3cc(OC)c(OC)cc3n2CC)cc1. The molecular formula is C24H31N3O5S2. The molecular weight excluding hydrogens is 474 g/mol. The lowest BCUT2D eigenvalue weighted by Crippen LogP contribution is -2.31. The second-order valence-electron chi connectivity index (χ2n) is 7.60. The molecule has 184 valence electrons. The Morgan fingerprint density at radius 3 is 2.26 bits per heavy atom. The van der Waals surface area contributed by atoms with E-state index in [-0.39, 0.29) is 4.90 Å². The van der Waals surface area contributed by atoms with E-state index in [0.29, 0.717) is 41.5 Å². The van der Waals surface area contributed by atoms with Crippen LogP contribution in [0.2, 0.25) is 0 Å². The van der Waals surface area contributed by atoms with Crippen molar-refractivity contribution in [1.82, 2.24) is 8.87 Å². The first-order valence-corrected chi connectivity index (χ1v) is 13.5. The number of fused-ring (bicyclic) bond motifs is 1. The van der Waals surface area contributed by atoms with E-state index in [1.165, 1.54) is 39.9 Å². The standard InChI is InChI=1S/C24H31N3O5S2/c1-6-9-14-26(7-2)34(29,30)18-12-10-17(11-13-18)23(28)25-24-27(8-3)19-15-20(31-4)21(32-5)16-22(19)33-24/h10-13,15-16H,6-9,14H2,1-5H3. The van der Waals surface area contributed by atoms with Crippen molar-refractivity contribution in [1.29, 1.82) is 0 Å². The van der Waals surface area contributed by atoms with Gasteiger partial charge in [-0.1, -0.05) is 31.6 Å². The van der Waals surface area contributed by atoms with Crippen LogP contribution in [-0.4, -0.2) is 50.5 Å². The third-order valence-corrected chi connectivity index (χ3v) is 8.58. The van der Waals surface area contributed by atoms with Gasteiger partial charge in [-0.15, -0.1) is 0 Å². The summed E-state index contributed by atoms with van der Waals surface area (Å²) in [5.74, 6) is 0.772. The van der Waals surface area contributed by atoms with Gasteiger partial charge in [-0.05, 0) is 37.6 Å². The molecule has 8 nitrogen and oxygen atoms in total. The Morgan fingerprint density at radius 2 is 1.71 bits per heavy atom. The third-order valence-electron chi connectivity index (χ3n) is 5.55. The van der Waals surface area contributed by atoms with Gasteiger partial charge in [0.25, 0.3) is 5.91 Å². The van der Waals surface area contributed by atoms with Crippen LogP contribution in [0.15, 0.2) is 46.3 Å². The number of carbonyl (C=O) groups excluding carboxylic acids is 1. The fraction of sp³-hybridized carbons (Fsp3) is 0.417. The molecule has 0 spiro atoms. The second kappa shape index (κ2) is 11.2. The Kier molecular flexibility index (Phi) is 8.51. The van der Waals surface area contributed by atoms with E-state index in [1.807, 2.05) is 37.5 Å². The number of nitrogens with zero attached hydrogens (tertiary/aromatic N) is 3. The number of thiazole rings is 1. The molecule has 1 aromatic heterocycles. The van der Waals surface area contributed by atoms with Crippen molar-refractivity contribution in [2.75, 3.05) is 27.3 Å². The summed E-state index contributed by atoms with van der Waals surface area (Å²) in [4.78, 5) is 18.0. The number of aromatic nitrogens is 1. The number of hydrogen-bond acceptors (Lipinski definition) is 6. The van der Waals surface area contributed by atoms with E-state index in [0.717, 1.165) is 23.1 Å². The van der Waals surface area contributed by atoms with Crippen LogP contribution in [0.3, 0.4) is 0 Å². The zero-order chi connectivity index (χ0) is 24.9. The lowest BCUT2D eigenvalue weighted by Gasteiger charge is -2.20. The summed E-state index contributed by atoms with van der Waals surface area (Å²) in [5, 5.41) is 0. The maximum Gasteiger partial charge on any atom is 0.279 e. The molecule has 0 radical (unpaired) electrons. The number of hydrogen-bond donors (Lipinski definition) is 0.